The van der Waals surface area contributed by atoms with Crippen molar-refractivity contribution < 1.29 is 28.9 Å². The van der Waals surface area contributed by atoms with E-state index in [4.69, 9.17) is 23.8 Å². The molecule has 16 rings (SSSR count). The van der Waals surface area contributed by atoms with E-state index in [2.05, 4.69) is 199 Å². The molecule has 7 heteroatoms. The summed E-state index contributed by atoms with van der Waals surface area (Å²) in [6, 6.07) is 102. The second kappa shape index (κ2) is 22.6. The Morgan fingerprint density at radius 2 is 0.621 bits per heavy atom. The van der Waals surface area contributed by atoms with Crippen molar-refractivity contribution in [2.75, 3.05) is 0 Å². The molecule has 0 fully saturated rings. The number of nitrogens with zero attached hydrogens (tertiary/aromatic N) is 4. The summed E-state index contributed by atoms with van der Waals surface area (Å²) in [5.74, 6) is 0. The fourth-order valence-corrected chi connectivity index (χ4v) is 12.4. The van der Waals surface area contributed by atoms with Gasteiger partial charge in [-0.05, 0) is 134 Å². The Hall–Kier alpha value is -11.0. The Balaban J connectivity index is 0.00000638. The summed E-state index contributed by atoms with van der Waals surface area (Å²) in [5.41, 5.74) is 24.7. The second-order valence-corrected chi connectivity index (χ2v) is 21.3. The standard InChI is InChI=1S/C80H47N4O2.Ir/c1-4-22-60(62-39-36-51(71-29-11-14-42-81-71)48-69(62)65-27-17-34-77-79(65)67-25-7-9-32-75(67)85-77)57(19-1)54-45-55(47-56(46-54)59-21-3-6-24-64(59)74-41-38-53(50-84-74)73-31-13-16-44-83-73)58-20-2-5-23-61(58)63-40-37-52(72-30-12-15-43-82-72)49-70(63)66-28-18-35-78-80(66)68-26-8-10-33-76(68)86-78;/h1-35,39-50H;/q-3;+3. The van der Waals surface area contributed by atoms with Crippen molar-refractivity contribution in [1.29, 1.82) is 0 Å². The number of para-hydroxylation sites is 2. The normalized spacial score (nSPS) is 11.4. The van der Waals surface area contributed by atoms with Crippen LogP contribution in [-0.2, 0) is 20.1 Å². The SMILES string of the molecule is [Ir+3].[c-]1cc(-c2ccccc2-c2cc(-c3ccccc3-c3c[c-]c(-c4ccccn4)cc3-c3cccc4oc5ccccc5c34)cc(-c3ccccc3-c3c[c-]c(-c4ccccn4)cc3-c3cccc4oc5ccccc5c34)c2)ncc1-c1ccccn1. The Morgan fingerprint density at radius 3 is 1.06 bits per heavy atom. The summed E-state index contributed by atoms with van der Waals surface area (Å²) in [7, 11) is 0. The zero-order valence-electron chi connectivity index (χ0n) is 46.6. The number of hydrogen-bond donors (Lipinski definition) is 0. The van der Waals surface area contributed by atoms with Crippen LogP contribution in [0.3, 0.4) is 0 Å². The fraction of sp³-hybridized carbons (Fsp3) is 0. The third kappa shape index (κ3) is 9.62. The first kappa shape index (κ1) is 52.8. The Kier molecular flexibility index (Phi) is 13.7. The molecule has 0 aliphatic rings. The number of benzene rings is 10. The molecule has 0 unspecified atom stereocenters. The van der Waals surface area contributed by atoms with Crippen molar-refractivity contribution in [3.05, 3.63) is 304 Å². The third-order valence-corrected chi connectivity index (χ3v) is 16.3. The van der Waals surface area contributed by atoms with Crippen LogP contribution in [0.2, 0.25) is 0 Å². The average molecular weight is 1290 g/mol. The zero-order valence-corrected chi connectivity index (χ0v) is 49.0. The topological polar surface area (TPSA) is 77.8 Å². The van der Waals surface area contributed by atoms with Crippen molar-refractivity contribution in [2.24, 2.45) is 0 Å². The van der Waals surface area contributed by atoms with Crippen LogP contribution in [0.4, 0.5) is 0 Å². The van der Waals surface area contributed by atoms with E-state index >= 15 is 0 Å². The monoisotopic (exact) mass is 1290 g/mol. The molecule has 0 aliphatic heterocycles. The zero-order chi connectivity index (χ0) is 56.9. The van der Waals surface area contributed by atoms with Gasteiger partial charge >= 0.3 is 20.1 Å². The predicted molar refractivity (Wildman–Crippen MR) is 348 cm³/mol. The van der Waals surface area contributed by atoms with Gasteiger partial charge in [0.2, 0.25) is 0 Å². The molecule has 16 aromatic rings. The summed E-state index contributed by atoms with van der Waals surface area (Å²) in [6.07, 6.45) is 7.33. The van der Waals surface area contributed by atoms with Gasteiger partial charge < -0.3 is 28.8 Å². The van der Waals surface area contributed by atoms with E-state index in [1.165, 1.54) is 0 Å². The maximum absolute atomic E-state index is 6.54. The minimum Gasteiger partial charge on any atom is -0.456 e. The fourth-order valence-electron chi connectivity index (χ4n) is 12.4. The first-order chi connectivity index (χ1) is 42.6. The number of aromatic nitrogens is 4. The van der Waals surface area contributed by atoms with Gasteiger partial charge in [0, 0.05) is 40.1 Å². The summed E-state index contributed by atoms with van der Waals surface area (Å²) >= 11 is 0. The summed E-state index contributed by atoms with van der Waals surface area (Å²) in [6.45, 7) is 0. The van der Waals surface area contributed by atoms with Gasteiger partial charge in [-0.15, -0.1) is 65.2 Å². The molecule has 0 amide bonds. The molecule has 0 N–H and O–H groups in total. The van der Waals surface area contributed by atoms with Gasteiger partial charge in [-0.1, -0.05) is 209 Å². The summed E-state index contributed by atoms with van der Waals surface area (Å²) < 4.78 is 13.1. The number of hydrogen-bond acceptors (Lipinski definition) is 6. The maximum Gasteiger partial charge on any atom is 3.00 e. The smallest absolute Gasteiger partial charge is 0.456 e. The van der Waals surface area contributed by atoms with Crippen LogP contribution in [0, 0.1) is 18.2 Å². The molecule has 6 heterocycles. The van der Waals surface area contributed by atoms with Crippen LogP contribution in [0.1, 0.15) is 0 Å². The van der Waals surface area contributed by atoms with Crippen LogP contribution in [0.25, 0.3) is 167 Å². The van der Waals surface area contributed by atoms with Crippen molar-refractivity contribution in [2.45, 2.75) is 0 Å². The van der Waals surface area contributed by atoms with Crippen LogP contribution in [-0.4, -0.2) is 19.9 Å². The maximum atomic E-state index is 6.54. The van der Waals surface area contributed by atoms with Gasteiger partial charge in [-0.3, -0.25) is 0 Å². The van der Waals surface area contributed by atoms with Crippen molar-refractivity contribution in [3.8, 4) is 123 Å². The Bertz CT molecular complexity index is 4970. The molecular weight excluding hydrogens is 1240 g/mol. The molecule has 0 saturated carbocycles. The first-order valence-corrected chi connectivity index (χ1v) is 28.6. The van der Waals surface area contributed by atoms with Gasteiger partial charge in [-0.2, -0.15) is 0 Å². The van der Waals surface area contributed by atoms with Gasteiger partial charge in [-0.25, -0.2) is 0 Å². The first-order valence-electron chi connectivity index (χ1n) is 28.6. The quantitative estimate of drug-likeness (QED) is 0.120. The van der Waals surface area contributed by atoms with Crippen molar-refractivity contribution in [1.82, 2.24) is 19.9 Å². The molecule has 6 aromatic heterocycles. The summed E-state index contributed by atoms with van der Waals surface area (Å²) in [5, 5.41) is 4.22. The van der Waals surface area contributed by atoms with E-state index in [0.717, 1.165) is 167 Å². The van der Waals surface area contributed by atoms with E-state index in [1.807, 2.05) is 104 Å². The number of rotatable bonds is 11. The average Bonchev–Trinajstić information content (AvgIpc) is 2.70. The minimum absolute atomic E-state index is 0. The van der Waals surface area contributed by atoms with Crippen LogP contribution in [0.15, 0.2) is 294 Å². The van der Waals surface area contributed by atoms with E-state index in [0.29, 0.717) is 0 Å². The number of fused-ring (bicyclic) bond motifs is 6. The van der Waals surface area contributed by atoms with Crippen molar-refractivity contribution >= 4 is 43.9 Å². The molecule has 408 valence electrons. The van der Waals surface area contributed by atoms with Gasteiger partial charge in [0.15, 0.2) is 0 Å². The van der Waals surface area contributed by atoms with E-state index in [-0.39, 0.29) is 20.1 Å². The Labute approximate surface area is 516 Å². The van der Waals surface area contributed by atoms with Gasteiger partial charge in [0.25, 0.3) is 0 Å². The molecular formula is C80H47IrN4O2. The molecule has 10 aromatic carbocycles. The number of pyridine rings is 4. The predicted octanol–water partition coefficient (Wildman–Crippen LogP) is 20.8. The van der Waals surface area contributed by atoms with E-state index in [9.17, 15) is 0 Å². The van der Waals surface area contributed by atoms with Gasteiger partial charge in [0.1, 0.15) is 22.3 Å². The third-order valence-electron chi connectivity index (χ3n) is 16.3. The van der Waals surface area contributed by atoms with Crippen LogP contribution >= 0.6 is 0 Å². The van der Waals surface area contributed by atoms with Crippen molar-refractivity contribution in [3.63, 3.8) is 0 Å². The summed E-state index contributed by atoms with van der Waals surface area (Å²) in [4.78, 5) is 19.3. The molecule has 0 saturated heterocycles. The van der Waals surface area contributed by atoms with Gasteiger partial charge in [0.05, 0.1) is 0 Å². The molecule has 6 nitrogen and oxygen atoms in total. The molecule has 0 radical (unpaired) electrons. The van der Waals surface area contributed by atoms with Crippen LogP contribution in [0.5, 0.6) is 0 Å². The molecule has 87 heavy (non-hydrogen) atoms. The largest absolute Gasteiger partial charge is 3.00 e. The molecule has 0 bridgehead atoms. The molecule has 0 atom stereocenters. The minimum atomic E-state index is 0. The van der Waals surface area contributed by atoms with E-state index in [1.54, 1.807) is 6.20 Å². The van der Waals surface area contributed by atoms with Crippen LogP contribution < -0.4 is 0 Å². The second-order valence-electron chi connectivity index (χ2n) is 21.3. The Morgan fingerprint density at radius 1 is 0.253 bits per heavy atom. The molecule has 0 aliphatic carbocycles. The molecule has 0 spiro atoms. The van der Waals surface area contributed by atoms with E-state index < -0.39 is 0 Å². The number of furan rings is 2.